The van der Waals surface area contributed by atoms with Gasteiger partial charge in [-0.1, -0.05) is 18.2 Å². The molecule has 0 aromatic heterocycles. The van der Waals surface area contributed by atoms with Crippen LogP contribution in [0.2, 0.25) is 0 Å². The van der Waals surface area contributed by atoms with E-state index in [1.807, 2.05) is 24.3 Å². The Morgan fingerprint density at radius 1 is 1.16 bits per heavy atom. The van der Waals surface area contributed by atoms with Crippen LogP contribution in [0.4, 0.5) is 17.1 Å². The Morgan fingerprint density at radius 2 is 1.84 bits per heavy atom. The predicted octanol–water partition coefficient (Wildman–Crippen LogP) is 3.58. The molecular weight excluding hydrogens is 236 g/mol. The number of hydrogen-bond acceptors (Lipinski definition) is 3. The second-order valence-corrected chi connectivity index (χ2v) is 4.44. The van der Waals surface area contributed by atoms with Crippen molar-refractivity contribution in [2.75, 3.05) is 11.1 Å². The second kappa shape index (κ2) is 5.14. The number of carbonyl (C=O) groups is 1. The highest BCUT2D eigenvalue weighted by atomic mass is 16.1. The van der Waals surface area contributed by atoms with Crippen LogP contribution in [0.3, 0.4) is 0 Å². The van der Waals surface area contributed by atoms with Crippen LogP contribution in [-0.4, -0.2) is 5.78 Å². The molecule has 0 aliphatic heterocycles. The van der Waals surface area contributed by atoms with Gasteiger partial charge < -0.3 is 11.1 Å². The molecule has 0 aliphatic rings. The highest BCUT2D eigenvalue weighted by Gasteiger charge is 2.09. The smallest absolute Gasteiger partial charge is 0.159 e. The van der Waals surface area contributed by atoms with Gasteiger partial charge in [0, 0.05) is 11.3 Å². The van der Waals surface area contributed by atoms with Crippen molar-refractivity contribution in [2.24, 2.45) is 0 Å². The summed E-state index contributed by atoms with van der Waals surface area (Å²) in [5, 5.41) is 3.21. The lowest BCUT2D eigenvalue weighted by Gasteiger charge is -2.15. The highest BCUT2D eigenvalue weighted by Crippen LogP contribution is 2.29. The Balaban J connectivity index is 2.42. The molecule has 2 rings (SSSR count). The molecule has 0 fully saturated rings. The third-order valence-electron chi connectivity index (χ3n) is 2.93. The first-order valence-electron chi connectivity index (χ1n) is 5.93. The molecule has 0 atom stereocenters. The minimum absolute atomic E-state index is 0.0271. The van der Waals surface area contributed by atoms with Gasteiger partial charge in [-0.25, -0.2) is 0 Å². The van der Waals surface area contributed by atoms with Crippen molar-refractivity contribution in [3.05, 3.63) is 66.9 Å². The number of anilines is 3. The fourth-order valence-corrected chi connectivity index (χ4v) is 1.86. The summed E-state index contributed by atoms with van der Waals surface area (Å²) in [6.07, 6.45) is 0. The number of carbonyl (C=O) groups excluding carboxylic acids is 1. The summed E-state index contributed by atoms with van der Waals surface area (Å²) in [5.41, 5.74) is 10.2. The molecule has 0 unspecified atom stereocenters. The second-order valence-electron chi connectivity index (χ2n) is 4.44. The van der Waals surface area contributed by atoms with Crippen LogP contribution in [0.5, 0.6) is 0 Å². The normalized spacial score (nSPS) is 10.3. The van der Waals surface area contributed by atoms with Gasteiger partial charge in [0.25, 0.3) is 0 Å². The van der Waals surface area contributed by atoms with Gasteiger partial charge in [-0.05, 0) is 50.1 Å². The molecule has 3 N–H and O–H groups in total. The lowest BCUT2D eigenvalue weighted by Crippen LogP contribution is -2.03. The molecule has 0 spiro atoms. The van der Waals surface area contributed by atoms with Crippen molar-refractivity contribution in [2.45, 2.75) is 6.92 Å². The molecule has 0 heterocycles. The maximum absolute atomic E-state index is 11.4. The minimum atomic E-state index is -0.0271. The third kappa shape index (κ3) is 2.76. The zero-order chi connectivity index (χ0) is 14.0. The number of hydrogen-bond donors (Lipinski definition) is 2. The zero-order valence-electron chi connectivity index (χ0n) is 10.9. The summed E-state index contributed by atoms with van der Waals surface area (Å²) in [6.45, 7) is 9.39. The molecule has 0 bridgehead atoms. The van der Waals surface area contributed by atoms with Crippen LogP contribution < -0.4 is 11.1 Å². The van der Waals surface area contributed by atoms with Crippen LogP contribution in [0.15, 0.2) is 36.4 Å². The Hall–Kier alpha value is -2.29. The van der Waals surface area contributed by atoms with E-state index in [1.165, 1.54) is 6.92 Å². The predicted molar refractivity (Wildman–Crippen MR) is 79.5 cm³/mol. The lowest BCUT2D eigenvalue weighted by atomic mass is 10.0. The molecular formula is C16H16N2O. The number of nitrogens with one attached hydrogen (secondary N) is 1. The summed E-state index contributed by atoms with van der Waals surface area (Å²) in [5.74, 6) is -0.0271. The van der Waals surface area contributed by atoms with Gasteiger partial charge in [0.15, 0.2) is 5.78 Å². The molecule has 0 aliphatic carbocycles. The Morgan fingerprint density at radius 3 is 2.42 bits per heavy atom. The average Bonchev–Trinajstić information content (AvgIpc) is 2.35. The van der Waals surface area contributed by atoms with E-state index >= 15 is 0 Å². The van der Waals surface area contributed by atoms with E-state index in [0.29, 0.717) is 22.5 Å². The van der Waals surface area contributed by atoms with Gasteiger partial charge in [0.1, 0.15) is 0 Å². The zero-order valence-corrected chi connectivity index (χ0v) is 10.9. The first kappa shape index (κ1) is 13.1. The third-order valence-corrected chi connectivity index (χ3v) is 2.93. The highest BCUT2D eigenvalue weighted by molar-refractivity contribution is 5.97. The molecule has 19 heavy (non-hydrogen) atoms. The number of Topliss-reactive ketones (excluding diaryl/α,β-unsaturated/α-hetero) is 1. The summed E-state index contributed by atoms with van der Waals surface area (Å²) >= 11 is 0. The number of ketones is 1. The Bertz CT molecular complexity index is 609. The average molecular weight is 252 g/mol. The van der Waals surface area contributed by atoms with E-state index < -0.39 is 0 Å². The Labute approximate surface area is 113 Å². The molecule has 2 aromatic carbocycles. The molecule has 96 valence electrons. The first-order valence-corrected chi connectivity index (χ1v) is 5.93. The van der Waals surface area contributed by atoms with Crippen LogP contribution >= 0.6 is 0 Å². The van der Waals surface area contributed by atoms with Crippen LogP contribution in [0, 0.1) is 13.8 Å². The standard InChI is InChI=1S/C16H16N2O/c1-10-6-4-5-7-15(10)18-16-11(2)8-13(12(3)19)9-14(16)17/h4-9,18H,1-2,17H2,3H3. The fraction of sp³-hybridized carbons (Fsp3) is 0.0625. The van der Waals surface area contributed by atoms with E-state index in [2.05, 4.69) is 19.2 Å². The summed E-state index contributed by atoms with van der Waals surface area (Å²) in [4.78, 5) is 11.4. The van der Waals surface area contributed by atoms with Crippen molar-refractivity contribution in [1.82, 2.24) is 0 Å². The van der Waals surface area contributed by atoms with E-state index in [4.69, 9.17) is 5.73 Å². The number of rotatable bonds is 3. The van der Waals surface area contributed by atoms with Crippen LogP contribution in [0.1, 0.15) is 28.4 Å². The van der Waals surface area contributed by atoms with Gasteiger partial charge in [-0.15, -0.1) is 0 Å². The summed E-state index contributed by atoms with van der Waals surface area (Å²) < 4.78 is 0. The molecule has 0 amide bonds. The maximum atomic E-state index is 11.4. The number of nitrogens with two attached hydrogens (primary N) is 1. The summed E-state index contributed by atoms with van der Waals surface area (Å²) in [6, 6.07) is 11.0. The van der Waals surface area contributed by atoms with Gasteiger partial charge in [-0.3, -0.25) is 4.79 Å². The number of benzene rings is 2. The largest absolute Gasteiger partial charge is 0.397 e. The van der Waals surface area contributed by atoms with Crippen molar-refractivity contribution < 1.29 is 4.79 Å². The van der Waals surface area contributed by atoms with Crippen LogP contribution in [-0.2, 0) is 0 Å². The minimum Gasteiger partial charge on any atom is -0.397 e. The Kier molecular flexibility index (Phi) is 3.56. The van der Waals surface area contributed by atoms with Crippen molar-refractivity contribution in [1.29, 1.82) is 0 Å². The quantitative estimate of drug-likeness (QED) is 0.648. The van der Waals surface area contributed by atoms with Gasteiger partial charge in [-0.2, -0.15) is 0 Å². The first-order chi connectivity index (χ1) is 8.99. The molecule has 0 saturated carbocycles. The SMILES string of the molecule is [CH2]c1ccccc1Nc1c([CH2])cc(C(C)=O)cc1N. The van der Waals surface area contributed by atoms with E-state index in [-0.39, 0.29) is 5.78 Å². The van der Waals surface area contributed by atoms with Crippen molar-refractivity contribution >= 4 is 22.8 Å². The topological polar surface area (TPSA) is 55.1 Å². The number of para-hydroxylation sites is 1. The van der Waals surface area contributed by atoms with E-state index in [9.17, 15) is 4.79 Å². The molecule has 3 heteroatoms. The van der Waals surface area contributed by atoms with E-state index in [0.717, 1.165) is 11.3 Å². The number of nitrogen functional groups attached to an aromatic ring is 1. The van der Waals surface area contributed by atoms with Gasteiger partial charge >= 0.3 is 0 Å². The summed E-state index contributed by atoms with van der Waals surface area (Å²) in [7, 11) is 0. The van der Waals surface area contributed by atoms with Gasteiger partial charge in [0.05, 0.1) is 11.4 Å². The lowest BCUT2D eigenvalue weighted by molar-refractivity contribution is 0.101. The van der Waals surface area contributed by atoms with Gasteiger partial charge in [0.2, 0.25) is 0 Å². The maximum Gasteiger partial charge on any atom is 0.159 e. The van der Waals surface area contributed by atoms with Crippen molar-refractivity contribution in [3.63, 3.8) is 0 Å². The molecule has 2 aromatic rings. The van der Waals surface area contributed by atoms with Crippen LogP contribution in [0.25, 0.3) is 0 Å². The molecule has 2 radical (unpaired) electrons. The monoisotopic (exact) mass is 252 g/mol. The van der Waals surface area contributed by atoms with E-state index in [1.54, 1.807) is 12.1 Å². The molecule has 0 saturated heterocycles. The molecule has 3 nitrogen and oxygen atoms in total. The van der Waals surface area contributed by atoms with Crippen molar-refractivity contribution in [3.8, 4) is 0 Å². The fourth-order valence-electron chi connectivity index (χ4n) is 1.86.